The first-order chi connectivity index (χ1) is 7.56. The highest BCUT2D eigenvalue weighted by atomic mass is 35.5. The highest BCUT2D eigenvalue weighted by molar-refractivity contribution is 6.31. The first-order valence-electron chi connectivity index (χ1n) is 4.87. The Morgan fingerprint density at radius 1 is 1.50 bits per heavy atom. The van der Waals surface area contributed by atoms with Gasteiger partial charge in [0.05, 0.1) is 0 Å². The number of alkyl carbamates (subject to hydrolysis) is 1. The predicted octanol–water partition coefficient (Wildman–Crippen LogP) is 2.12. The van der Waals surface area contributed by atoms with Crippen molar-refractivity contribution in [2.24, 2.45) is 0 Å². The van der Waals surface area contributed by atoms with Gasteiger partial charge in [-0.2, -0.15) is 0 Å². The van der Waals surface area contributed by atoms with Gasteiger partial charge >= 0.3 is 6.09 Å². The van der Waals surface area contributed by atoms with Crippen LogP contribution in [0.4, 0.5) is 4.79 Å². The van der Waals surface area contributed by atoms with Crippen LogP contribution in [0.25, 0.3) is 0 Å². The van der Waals surface area contributed by atoms with Gasteiger partial charge in [-0.05, 0) is 13.0 Å². The number of hydrogen-bond donors (Lipinski definition) is 2. The van der Waals surface area contributed by atoms with E-state index in [0.717, 1.165) is 0 Å². The number of aliphatic hydroxyl groups excluding tert-OH is 1. The number of benzene rings is 1. The zero-order chi connectivity index (χ0) is 12.1. The molecule has 0 saturated heterocycles. The molecule has 4 nitrogen and oxygen atoms in total. The van der Waals surface area contributed by atoms with Crippen LogP contribution in [-0.4, -0.2) is 24.4 Å². The van der Waals surface area contributed by atoms with E-state index in [1.807, 2.05) is 0 Å². The van der Waals surface area contributed by atoms with Crippen LogP contribution in [0.5, 0.6) is 0 Å². The number of aliphatic hydroxyl groups is 1. The number of carbonyl (C=O) groups excluding carboxylic acids is 1. The summed E-state index contributed by atoms with van der Waals surface area (Å²) in [5.74, 6) is 0. The molecule has 88 valence electrons. The maximum absolute atomic E-state index is 11.0. The second-order valence-corrected chi connectivity index (χ2v) is 3.73. The Kier molecular flexibility index (Phi) is 4.58. The molecule has 0 aliphatic rings. The van der Waals surface area contributed by atoms with Crippen molar-refractivity contribution in [3.05, 3.63) is 34.9 Å². The number of halogens is 1. The molecule has 0 aliphatic carbocycles. The fraction of sp³-hybridized carbons (Fsp3) is 0.364. The number of hydrogen-bond acceptors (Lipinski definition) is 3. The van der Waals surface area contributed by atoms with Gasteiger partial charge in [0.1, 0.15) is 12.2 Å². The van der Waals surface area contributed by atoms with Gasteiger partial charge in [-0.3, -0.25) is 0 Å². The minimum Gasteiger partial charge on any atom is -0.443 e. The number of nitrogens with one attached hydrogen (secondary N) is 1. The minimum atomic E-state index is -0.939. The molecule has 0 fully saturated rings. The molecule has 0 spiro atoms. The van der Waals surface area contributed by atoms with Crippen LogP contribution >= 0.6 is 11.6 Å². The molecule has 0 bridgehead atoms. The van der Waals surface area contributed by atoms with Crippen LogP contribution < -0.4 is 5.32 Å². The van der Waals surface area contributed by atoms with Crippen molar-refractivity contribution >= 4 is 17.7 Å². The highest BCUT2D eigenvalue weighted by Gasteiger charge is 2.21. The molecule has 1 aromatic carbocycles. The van der Waals surface area contributed by atoms with Gasteiger partial charge in [0.25, 0.3) is 0 Å². The summed E-state index contributed by atoms with van der Waals surface area (Å²) in [5, 5.41) is 12.7. The Hall–Kier alpha value is -1.26. The molecule has 2 N–H and O–H groups in total. The molecule has 2 atom stereocenters. The monoisotopic (exact) mass is 243 g/mol. The molecule has 0 radical (unpaired) electrons. The second kappa shape index (κ2) is 5.72. The lowest BCUT2D eigenvalue weighted by Crippen LogP contribution is -2.28. The van der Waals surface area contributed by atoms with Gasteiger partial charge in [-0.1, -0.05) is 29.8 Å². The lowest BCUT2D eigenvalue weighted by Gasteiger charge is -2.20. The highest BCUT2D eigenvalue weighted by Crippen LogP contribution is 2.26. The number of carbonyl (C=O) groups is 1. The first kappa shape index (κ1) is 12.8. The van der Waals surface area contributed by atoms with Gasteiger partial charge in [-0.15, -0.1) is 0 Å². The summed E-state index contributed by atoms with van der Waals surface area (Å²) in [6.07, 6.45) is -2.19. The smallest absolute Gasteiger partial charge is 0.407 e. The summed E-state index contributed by atoms with van der Waals surface area (Å²) < 4.78 is 4.91. The third kappa shape index (κ3) is 3.12. The Balaban J connectivity index is 2.74. The normalized spacial score (nSPS) is 14.0. The predicted molar refractivity (Wildman–Crippen MR) is 61.4 cm³/mol. The summed E-state index contributed by atoms with van der Waals surface area (Å²) >= 11 is 5.92. The van der Waals surface area contributed by atoms with E-state index in [2.05, 4.69) is 5.32 Å². The average molecular weight is 244 g/mol. The molecule has 1 aromatic rings. The maximum Gasteiger partial charge on any atom is 0.407 e. The van der Waals surface area contributed by atoms with Crippen molar-refractivity contribution < 1.29 is 14.6 Å². The maximum atomic E-state index is 11.0. The van der Waals surface area contributed by atoms with Crippen molar-refractivity contribution in [3.63, 3.8) is 0 Å². The van der Waals surface area contributed by atoms with Gasteiger partial charge in [0.2, 0.25) is 0 Å². The van der Waals surface area contributed by atoms with E-state index in [1.54, 1.807) is 31.2 Å². The summed E-state index contributed by atoms with van der Waals surface area (Å²) in [5.41, 5.74) is 0.542. The van der Waals surface area contributed by atoms with Crippen molar-refractivity contribution in [2.75, 3.05) is 7.05 Å². The molecular formula is C11H14ClNO3. The largest absolute Gasteiger partial charge is 0.443 e. The quantitative estimate of drug-likeness (QED) is 0.855. The SMILES string of the molecule is CNC(=O)OC(C)C(O)c1ccccc1Cl. The van der Waals surface area contributed by atoms with E-state index in [9.17, 15) is 9.90 Å². The van der Waals surface area contributed by atoms with Crippen LogP contribution in [0.15, 0.2) is 24.3 Å². The van der Waals surface area contributed by atoms with Crippen molar-refractivity contribution in [2.45, 2.75) is 19.1 Å². The Morgan fingerprint density at radius 2 is 2.12 bits per heavy atom. The van der Waals surface area contributed by atoms with E-state index in [-0.39, 0.29) is 0 Å². The Morgan fingerprint density at radius 3 is 2.69 bits per heavy atom. The molecule has 5 heteroatoms. The fourth-order valence-electron chi connectivity index (χ4n) is 1.26. The van der Waals surface area contributed by atoms with Crippen molar-refractivity contribution in [1.29, 1.82) is 0 Å². The van der Waals surface area contributed by atoms with Crippen LogP contribution in [0.1, 0.15) is 18.6 Å². The minimum absolute atomic E-state index is 0.447. The van der Waals surface area contributed by atoms with Gasteiger partial charge in [-0.25, -0.2) is 4.79 Å². The van der Waals surface area contributed by atoms with Crippen LogP contribution in [0.3, 0.4) is 0 Å². The van der Waals surface area contributed by atoms with E-state index in [4.69, 9.17) is 16.3 Å². The zero-order valence-corrected chi connectivity index (χ0v) is 9.86. The molecule has 1 rings (SSSR count). The van der Waals surface area contributed by atoms with E-state index < -0.39 is 18.3 Å². The zero-order valence-electron chi connectivity index (χ0n) is 9.11. The molecule has 0 aliphatic heterocycles. The topological polar surface area (TPSA) is 58.6 Å². The third-order valence-electron chi connectivity index (χ3n) is 2.17. The van der Waals surface area contributed by atoms with Gasteiger partial charge < -0.3 is 15.2 Å². The fourth-order valence-corrected chi connectivity index (χ4v) is 1.51. The Labute approximate surface area is 99.2 Å². The molecule has 0 heterocycles. The molecule has 2 unspecified atom stereocenters. The van der Waals surface area contributed by atoms with Crippen molar-refractivity contribution in [1.82, 2.24) is 5.32 Å². The van der Waals surface area contributed by atoms with Gasteiger partial charge in [0.15, 0.2) is 0 Å². The summed E-state index contributed by atoms with van der Waals surface area (Å²) in [6, 6.07) is 6.89. The number of ether oxygens (including phenoxy) is 1. The van der Waals surface area contributed by atoms with E-state index >= 15 is 0 Å². The molecular weight excluding hydrogens is 230 g/mol. The summed E-state index contributed by atoms with van der Waals surface area (Å²) in [4.78, 5) is 11.0. The van der Waals surface area contributed by atoms with E-state index in [0.29, 0.717) is 10.6 Å². The molecule has 0 aromatic heterocycles. The lowest BCUT2D eigenvalue weighted by molar-refractivity contribution is 0.0127. The first-order valence-corrected chi connectivity index (χ1v) is 5.25. The molecule has 1 amide bonds. The van der Waals surface area contributed by atoms with Crippen LogP contribution in [0.2, 0.25) is 5.02 Å². The second-order valence-electron chi connectivity index (χ2n) is 3.33. The van der Waals surface area contributed by atoms with Crippen molar-refractivity contribution in [3.8, 4) is 0 Å². The van der Waals surface area contributed by atoms with Crippen LogP contribution in [-0.2, 0) is 4.74 Å². The average Bonchev–Trinajstić information content (AvgIpc) is 2.28. The summed E-state index contributed by atoms with van der Waals surface area (Å²) in [6.45, 7) is 1.60. The van der Waals surface area contributed by atoms with E-state index in [1.165, 1.54) is 7.05 Å². The lowest BCUT2D eigenvalue weighted by atomic mass is 10.1. The summed E-state index contributed by atoms with van der Waals surface area (Å²) in [7, 11) is 1.46. The van der Waals surface area contributed by atoms with Crippen LogP contribution in [0, 0.1) is 0 Å². The number of rotatable bonds is 3. The molecule has 16 heavy (non-hydrogen) atoms. The number of amides is 1. The van der Waals surface area contributed by atoms with Gasteiger partial charge in [0, 0.05) is 17.6 Å². The standard InChI is InChI=1S/C11H14ClNO3/c1-7(16-11(15)13-2)10(14)8-5-3-4-6-9(8)12/h3-7,10,14H,1-2H3,(H,13,15). The third-order valence-corrected chi connectivity index (χ3v) is 2.51. The molecule has 0 saturated carbocycles. The Bertz CT molecular complexity index is 370.